The molecule has 4 heteroatoms. The Labute approximate surface area is 97.5 Å². The van der Waals surface area contributed by atoms with Gasteiger partial charge in [-0.25, -0.2) is 0 Å². The van der Waals surface area contributed by atoms with E-state index < -0.39 is 0 Å². The summed E-state index contributed by atoms with van der Waals surface area (Å²) in [5, 5.41) is 7.65. The molecule has 1 aliphatic heterocycles. The van der Waals surface area contributed by atoms with Crippen LogP contribution in [0.3, 0.4) is 0 Å². The minimum atomic E-state index is -0.181. The molecule has 0 aliphatic carbocycles. The van der Waals surface area contributed by atoms with Crippen molar-refractivity contribution in [2.24, 2.45) is 0 Å². The zero-order chi connectivity index (χ0) is 12.0. The van der Waals surface area contributed by atoms with E-state index in [1.54, 1.807) is 0 Å². The maximum absolute atomic E-state index is 7.65. The van der Waals surface area contributed by atoms with Crippen LogP contribution in [0.15, 0.2) is 24.3 Å². The largest absolute Gasteiger partial charge is 0.424 e. The molecule has 1 aromatic carbocycles. The van der Waals surface area contributed by atoms with Crippen molar-refractivity contribution in [2.45, 2.75) is 26.3 Å². The number of fused-ring (bicyclic) bond motifs is 1. The summed E-state index contributed by atoms with van der Waals surface area (Å²) in [5.74, 6) is 0. The third-order valence-electron chi connectivity index (χ3n) is 2.65. The smallest absolute Gasteiger partial charge is 0.324 e. The number of aliphatic hydroxyl groups excluding tert-OH is 1. The van der Waals surface area contributed by atoms with Crippen molar-refractivity contribution in [2.75, 3.05) is 13.9 Å². The van der Waals surface area contributed by atoms with Crippen LogP contribution in [0.4, 0.5) is 0 Å². The number of ether oxygens (including phenoxy) is 1. The number of rotatable bonds is 2. The second kappa shape index (κ2) is 6.68. The summed E-state index contributed by atoms with van der Waals surface area (Å²) in [7, 11) is 1.43. The van der Waals surface area contributed by atoms with Gasteiger partial charge in [0.15, 0.2) is 0 Å². The third-order valence-corrected chi connectivity index (χ3v) is 2.65. The fraction of sp³-hybridized carbons (Fsp3) is 0.500. The van der Waals surface area contributed by atoms with E-state index in [1.165, 1.54) is 18.1 Å². The third kappa shape index (κ3) is 3.08. The second-order valence-electron chi connectivity index (χ2n) is 3.72. The quantitative estimate of drug-likeness (QED) is 0.609. The van der Waals surface area contributed by atoms with Crippen LogP contribution in [0.5, 0.6) is 0 Å². The maximum atomic E-state index is 7.65. The molecule has 0 fully saturated rings. The topological polar surface area (TPSA) is 38.7 Å². The van der Waals surface area contributed by atoms with E-state index in [0.29, 0.717) is 6.10 Å². The van der Waals surface area contributed by atoms with Crippen LogP contribution in [0.25, 0.3) is 0 Å². The molecular formula is C12H19BO3. The molecule has 0 saturated carbocycles. The van der Waals surface area contributed by atoms with Crippen molar-refractivity contribution < 1.29 is 14.5 Å². The lowest BCUT2D eigenvalue weighted by Gasteiger charge is -2.08. The molecule has 0 saturated heterocycles. The highest BCUT2D eigenvalue weighted by Crippen LogP contribution is 2.26. The average Bonchev–Trinajstić information content (AvgIpc) is 2.67. The van der Waals surface area contributed by atoms with Gasteiger partial charge >= 0.3 is 6.92 Å². The fourth-order valence-electron chi connectivity index (χ4n) is 1.88. The zero-order valence-corrected chi connectivity index (χ0v) is 10.1. The van der Waals surface area contributed by atoms with Crippen LogP contribution < -0.4 is 5.46 Å². The van der Waals surface area contributed by atoms with Crippen molar-refractivity contribution in [3.8, 4) is 0 Å². The van der Waals surface area contributed by atoms with Gasteiger partial charge in [0.05, 0.1) is 6.10 Å². The Morgan fingerprint density at radius 1 is 1.44 bits per heavy atom. The second-order valence-corrected chi connectivity index (χ2v) is 3.72. The first kappa shape index (κ1) is 13.2. The Hall–Kier alpha value is -0.835. The Morgan fingerprint density at radius 3 is 2.62 bits per heavy atom. The summed E-state index contributed by atoms with van der Waals surface area (Å²) in [4.78, 5) is 0. The summed E-state index contributed by atoms with van der Waals surface area (Å²) in [6, 6.07) is 8.50. The van der Waals surface area contributed by atoms with Crippen LogP contribution >= 0.6 is 0 Å². The van der Waals surface area contributed by atoms with Gasteiger partial charge < -0.3 is 14.5 Å². The molecule has 3 nitrogen and oxygen atoms in total. The molecule has 1 aliphatic rings. The van der Waals surface area contributed by atoms with Gasteiger partial charge in [0.25, 0.3) is 0 Å². The van der Waals surface area contributed by atoms with Gasteiger partial charge in [-0.3, -0.25) is 0 Å². The van der Waals surface area contributed by atoms with Crippen LogP contribution in [0, 0.1) is 0 Å². The molecule has 1 atom stereocenters. The molecule has 0 unspecified atom stereocenters. The lowest BCUT2D eigenvalue weighted by atomic mass is 9.64. The van der Waals surface area contributed by atoms with Gasteiger partial charge in [-0.2, -0.15) is 0 Å². The molecule has 2 rings (SSSR count). The highest BCUT2D eigenvalue weighted by atomic mass is 16.6. The Balaban J connectivity index is 0.000000280. The van der Waals surface area contributed by atoms with Gasteiger partial charge in [0.2, 0.25) is 0 Å². The first-order valence-corrected chi connectivity index (χ1v) is 5.58. The molecule has 0 spiro atoms. The predicted molar refractivity (Wildman–Crippen MR) is 65.9 cm³/mol. The monoisotopic (exact) mass is 222 g/mol. The Bertz CT molecular complexity index is 315. The van der Waals surface area contributed by atoms with Crippen molar-refractivity contribution in [1.82, 2.24) is 0 Å². The number of benzene rings is 1. The molecule has 0 bridgehead atoms. The lowest BCUT2D eigenvalue weighted by Crippen LogP contribution is -2.23. The minimum Gasteiger partial charge on any atom is -0.424 e. The van der Waals surface area contributed by atoms with E-state index in [9.17, 15) is 0 Å². The van der Waals surface area contributed by atoms with Crippen LogP contribution in [-0.4, -0.2) is 25.9 Å². The maximum Gasteiger partial charge on any atom is 0.324 e. The van der Waals surface area contributed by atoms with Crippen molar-refractivity contribution >= 4 is 12.4 Å². The lowest BCUT2D eigenvalue weighted by molar-refractivity contribution is 0.0325. The van der Waals surface area contributed by atoms with Gasteiger partial charge in [-0.15, -0.1) is 0 Å². The number of aliphatic hydroxyl groups is 1. The molecule has 1 N–H and O–H groups in total. The standard InChI is InChI=1S/C10H13BO.C2H6O2/c1-3-10-8-6-4-5-7-9(8)11(2)12-10;1-4-2-3/h4-7,10H,3H2,1-2H3;3H,2H2,1H3/t10-;/m1./s1. The molecule has 1 heterocycles. The van der Waals surface area contributed by atoms with Crippen LogP contribution in [-0.2, 0) is 9.39 Å². The SMILES string of the molecule is CC[C@H]1OB(C)c2ccccc21.COCO. The van der Waals surface area contributed by atoms with Crippen molar-refractivity contribution in [3.05, 3.63) is 29.8 Å². The highest BCUT2D eigenvalue weighted by molar-refractivity contribution is 6.67. The van der Waals surface area contributed by atoms with Gasteiger partial charge in [-0.1, -0.05) is 38.0 Å². The average molecular weight is 222 g/mol. The van der Waals surface area contributed by atoms with Crippen LogP contribution in [0.1, 0.15) is 25.0 Å². The van der Waals surface area contributed by atoms with E-state index in [4.69, 9.17) is 9.76 Å². The zero-order valence-electron chi connectivity index (χ0n) is 10.1. The Kier molecular flexibility index (Phi) is 5.53. The number of methoxy groups -OCH3 is 1. The molecule has 1 aromatic rings. The molecule has 16 heavy (non-hydrogen) atoms. The van der Waals surface area contributed by atoms with Crippen LogP contribution in [0.2, 0.25) is 6.82 Å². The molecule has 0 radical (unpaired) electrons. The first-order chi connectivity index (χ1) is 7.74. The summed E-state index contributed by atoms with van der Waals surface area (Å²) in [6.07, 6.45) is 1.40. The Morgan fingerprint density at radius 2 is 2.06 bits per heavy atom. The summed E-state index contributed by atoms with van der Waals surface area (Å²) >= 11 is 0. The van der Waals surface area contributed by atoms with Gasteiger partial charge in [0.1, 0.15) is 6.79 Å². The van der Waals surface area contributed by atoms with Gasteiger partial charge in [0, 0.05) is 7.11 Å². The van der Waals surface area contributed by atoms with E-state index >= 15 is 0 Å². The fourth-order valence-corrected chi connectivity index (χ4v) is 1.88. The van der Waals surface area contributed by atoms with E-state index in [2.05, 4.69) is 42.7 Å². The van der Waals surface area contributed by atoms with E-state index in [-0.39, 0.29) is 13.7 Å². The molecule has 0 amide bonds. The van der Waals surface area contributed by atoms with E-state index in [1.807, 2.05) is 0 Å². The van der Waals surface area contributed by atoms with Crippen molar-refractivity contribution in [1.29, 1.82) is 0 Å². The predicted octanol–water partition coefficient (Wildman–Crippen LogP) is 1.58. The summed E-state index contributed by atoms with van der Waals surface area (Å²) < 4.78 is 9.88. The van der Waals surface area contributed by atoms with E-state index in [0.717, 1.165) is 6.42 Å². The highest BCUT2D eigenvalue weighted by Gasteiger charge is 2.29. The van der Waals surface area contributed by atoms with Crippen molar-refractivity contribution in [3.63, 3.8) is 0 Å². The summed E-state index contributed by atoms with van der Waals surface area (Å²) in [5.41, 5.74) is 2.75. The normalized spacial score (nSPS) is 17.8. The minimum absolute atomic E-state index is 0.181. The van der Waals surface area contributed by atoms with Gasteiger partial charge in [-0.05, 0) is 17.4 Å². The number of hydrogen-bond acceptors (Lipinski definition) is 3. The summed E-state index contributed by atoms with van der Waals surface area (Å²) in [6.45, 7) is 4.39. The molecular weight excluding hydrogens is 203 g/mol. The first-order valence-electron chi connectivity index (χ1n) is 5.58. The molecule has 88 valence electrons. The number of hydrogen-bond donors (Lipinski definition) is 1. The molecule has 0 aromatic heterocycles.